The number of rotatable bonds is 6. The second-order valence-electron chi connectivity index (χ2n) is 10.9. The molecule has 1 N–H and O–H groups in total. The van der Waals surface area contributed by atoms with E-state index in [0.717, 1.165) is 92.9 Å². The quantitative estimate of drug-likeness (QED) is 0.550. The first-order valence-corrected chi connectivity index (χ1v) is 13.2. The Labute approximate surface area is 206 Å². The Balaban J connectivity index is 1.42. The predicted octanol–water partition coefficient (Wildman–Crippen LogP) is 2.78. The Morgan fingerprint density at radius 2 is 1.66 bits per heavy atom. The summed E-state index contributed by atoms with van der Waals surface area (Å²) in [6.07, 6.45) is 6.41. The van der Waals surface area contributed by atoms with Gasteiger partial charge in [-0.1, -0.05) is 12.1 Å². The third-order valence-corrected chi connectivity index (χ3v) is 8.12. The van der Waals surface area contributed by atoms with Crippen molar-refractivity contribution in [3.05, 3.63) is 40.3 Å². The molecule has 3 aliphatic rings. The van der Waals surface area contributed by atoms with Gasteiger partial charge in [-0.2, -0.15) is 4.98 Å². The van der Waals surface area contributed by atoms with Gasteiger partial charge in [0.1, 0.15) is 5.65 Å². The van der Waals surface area contributed by atoms with Crippen molar-refractivity contribution in [2.45, 2.75) is 38.3 Å². The average Bonchev–Trinajstić information content (AvgIpc) is 3.70. The lowest BCUT2D eigenvalue weighted by Gasteiger charge is -2.32. The summed E-state index contributed by atoms with van der Waals surface area (Å²) in [6, 6.07) is 6.58. The van der Waals surface area contributed by atoms with Crippen molar-refractivity contribution in [3.63, 3.8) is 0 Å². The third-order valence-electron chi connectivity index (χ3n) is 8.12. The van der Waals surface area contributed by atoms with Gasteiger partial charge in [-0.15, -0.1) is 0 Å². The van der Waals surface area contributed by atoms with Gasteiger partial charge in [-0.3, -0.25) is 14.3 Å². The summed E-state index contributed by atoms with van der Waals surface area (Å²) in [7, 11) is 4.34. The van der Waals surface area contributed by atoms with Gasteiger partial charge in [-0.05, 0) is 75.8 Å². The molecule has 0 radical (unpaired) electrons. The molecule has 0 atom stereocenters. The molecule has 0 unspecified atom stereocenters. The Bertz CT molecular complexity index is 1270. The minimum absolute atomic E-state index is 0.0918. The van der Waals surface area contributed by atoms with E-state index in [1.165, 1.54) is 18.4 Å². The van der Waals surface area contributed by atoms with Gasteiger partial charge in [-0.25, -0.2) is 4.98 Å². The molecule has 0 spiro atoms. The van der Waals surface area contributed by atoms with Crippen LogP contribution in [-0.4, -0.2) is 89.1 Å². The summed E-state index contributed by atoms with van der Waals surface area (Å²) >= 11 is 0. The van der Waals surface area contributed by atoms with Crippen LogP contribution in [0.2, 0.25) is 0 Å². The first-order chi connectivity index (χ1) is 17.0. The van der Waals surface area contributed by atoms with E-state index in [2.05, 4.69) is 57.3 Å². The number of aromatic nitrogens is 3. The van der Waals surface area contributed by atoms with Crippen LogP contribution in [0.15, 0.2) is 29.2 Å². The van der Waals surface area contributed by atoms with Gasteiger partial charge in [0.05, 0.1) is 0 Å². The van der Waals surface area contributed by atoms with Crippen molar-refractivity contribution in [1.29, 1.82) is 0 Å². The van der Waals surface area contributed by atoms with Crippen molar-refractivity contribution in [1.82, 2.24) is 29.2 Å². The Morgan fingerprint density at radius 3 is 2.40 bits per heavy atom. The molecule has 8 heteroatoms. The van der Waals surface area contributed by atoms with Crippen LogP contribution in [0.3, 0.4) is 0 Å². The normalized spacial score (nSPS) is 21.2. The lowest BCUT2D eigenvalue weighted by atomic mass is 10.0. The third kappa shape index (κ3) is 4.79. The molecule has 6 rings (SSSR count). The van der Waals surface area contributed by atoms with Gasteiger partial charge >= 0.3 is 0 Å². The second kappa shape index (κ2) is 9.48. The standard InChI is InChI=1S/C27H37N7O/c1-31-9-7-21(8-10-31)34-25-24(17-29-27(30-25)28-16-19-3-4-19)22-6-5-20(15-23(22)26(34)35)18-33-13-11-32(2)12-14-33/h5-6,15,17,19,21H,3-4,7-14,16,18H2,1-2H3,(H,28,29,30). The number of nitrogens with one attached hydrogen (secondary N) is 1. The highest BCUT2D eigenvalue weighted by Gasteiger charge is 2.25. The number of piperidine rings is 1. The molecule has 3 aromatic rings. The molecule has 2 aromatic heterocycles. The van der Waals surface area contributed by atoms with Crippen LogP contribution in [-0.2, 0) is 6.54 Å². The van der Waals surface area contributed by atoms with Crippen molar-refractivity contribution >= 4 is 27.8 Å². The van der Waals surface area contributed by atoms with E-state index in [0.29, 0.717) is 5.95 Å². The van der Waals surface area contributed by atoms with E-state index in [1.54, 1.807) is 0 Å². The molecule has 2 aliphatic heterocycles. The Hall–Kier alpha value is -2.55. The van der Waals surface area contributed by atoms with Crippen LogP contribution in [0.4, 0.5) is 5.95 Å². The fourth-order valence-electron chi connectivity index (χ4n) is 5.57. The fourth-order valence-corrected chi connectivity index (χ4v) is 5.57. The zero-order chi connectivity index (χ0) is 23.9. The van der Waals surface area contributed by atoms with Gasteiger partial charge in [0.15, 0.2) is 0 Å². The van der Waals surface area contributed by atoms with Crippen molar-refractivity contribution in [2.75, 3.05) is 65.2 Å². The summed E-state index contributed by atoms with van der Waals surface area (Å²) in [6.45, 7) is 8.11. The summed E-state index contributed by atoms with van der Waals surface area (Å²) in [4.78, 5) is 30.8. The van der Waals surface area contributed by atoms with E-state index >= 15 is 0 Å². The molecule has 4 heterocycles. The molecule has 1 aromatic carbocycles. The molecular formula is C27H37N7O. The largest absolute Gasteiger partial charge is 0.354 e. The number of pyridine rings is 1. The molecule has 2 saturated heterocycles. The van der Waals surface area contributed by atoms with E-state index < -0.39 is 0 Å². The molecule has 35 heavy (non-hydrogen) atoms. The number of hydrogen-bond donors (Lipinski definition) is 1. The van der Waals surface area contributed by atoms with Gasteiger partial charge in [0.25, 0.3) is 5.56 Å². The highest BCUT2D eigenvalue weighted by Crippen LogP contribution is 2.31. The van der Waals surface area contributed by atoms with Crippen LogP contribution in [0.25, 0.3) is 21.8 Å². The molecule has 0 amide bonds. The summed E-state index contributed by atoms with van der Waals surface area (Å²) < 4.78 is 1.99. The number of hydrogen-bond acceptors (Lipinski definition) is 7. The minimum Gasteiger partial charge on any atom is -0.354 e. The van der Waals surface area contributed by atoms with E-state index in [9.17, 15) is 4.79 Å². The number of benzene rings is 1. The summed E-state index contributed by atoms with van der Waals surface area (Å²) in [5.41, 5.74) is 2.07. The highest BCUT2D eigenvalue weighted by atomic mass is 16.1. The first kappa shape index (κ1) is 22.9. The average molecular weight is 476 g/mol. The van der Waals surface area contributed by atoms with Crippen LogP contribution in [0, 0.1) is 5.92 Å². The maximum absolute atomic E-state index is 14.0. The molecule has 1 aliphatic carbocycles. The van der Waals surface area contributed by atoms with Crippen molar-refractivity contribution in [3.8, 4) is 0 Å². The minimum atomic E-state index is 0.0918. The van der Waals surface area contributed by atoms with E-state index in [4.69, 9.17) is 4.98 Å². The molecule has 0 bridgehead atoms. The number of piperazine rings is 1. The number of nitrogens with zero attached hydrogens (tertiary/aromatic N) is 6. The van der Waals surface area contributed by atoms with Gasteiger partial charge in [0, 0.05) is 62.3 Å². The number of anilines is 1. The highest BCUT2D eigenvalue weighted by molar-refractivity contribution is 6.04. The number of fused-ring (bicyclic) bond motifs is 3. The van der Waals surface area contributed by atoms with Gasteiger partial charge < -0.3 is 15.1 Å². The zero-order valence-corrected chi connectivity index (χ0v) is 21.0. The Morgan fingerprint density at radius 1 is 0.914 bits per heavy atom. The van der Waals surface area contributed by atoms with E-state index in [1.807, 2.05) is 10.8 Å². The topological polar surface area (TPSA) is 69.5 Å². The first-order valence-electron chi connectivity index (χ1n) is 13.2. The second-order valence-corrected chi connectivity index (χ2v) is 10.9. The van der Waals surface area contributed by atoms with Crippen LogP contribution < -0.4 is 10.9 Å². The summed E-state index contributed by atoms with van der Waals surface area (Å²) in [5.74, 6) is 1.37. The van der Waals surface area contributed by atoms with Gasteiger partial charge in [0.2, 0.25) is 5.95 Å². The van der Waals surface area contributed by atoms with Crippen molar-refractivity contribution < 1.29 is 0 Å². The number of likely N-dealkylation sites (tertiary alicyclic amines) is 1. The zero-order valence-electron chi connectivity index (χ0n) is 21.0. The summed E-state index contributed by atoms with van der Waals surface area (Å²) in [5, 5.41) is 6.14. The van der Waals surface area contributed by atoms with Crippen LogP contribution >= 0.6 is 0 Å². The Kier molecular flexibility index (Phi) is 6.20. The number of likely N-dealkylation sites (N-methyl/N-ethyl adjacent to an activating group) is 1. The predicted molar refractivity (Wildman–Crippen MR) is 141 cm³/mol. The SMILES string of the molecule is CN1CCC(n2c(=O)c3cc(CN4CCN(C)CC4)ccc3c3cnc(NCC4CC4)nc32)CC1. The molecule has 1 saturated carbocycles. The molecule has 8 nitrogen and oxygen atoms in total. The fraction of sp³-hybridized carbons (Fsp3) is 0.593. The van der Waals surface area contributed by atoms with E-state index in [-0.39, 0.29) is 11.6 Å². The lowest BCUT2D eigenvalue weighted by Crippen LogP contribution is -2.43. The van der Waals surface area contributed by atoms with Crippen LogP contribution in [0.5, 0.6) is 0 Å². The monoisotopic (exact) mass is 475 g/mol. The molecule has 186 valence electrons. The smallest absolute Gasteiger partial charge is 0.260 e. The maximum Gasteiger partial charge on any atom is 0.260 e. The molecular weight excluding hydrogens is 438 g/mol. The lowest BCUT2D eigenvalue weighted by molar-refractivity contribution is 0.148. The van der Waals surface area contributed by atoms with Crippen LogP contribution in [0.1, 0.15) is 37.3 Å². The van der Waals surface area contributed by atoms with Crippen molar-refractivity contribution in [2.24, 2.45) is 5.92 Å². The molecule has 3 fully saturated rings. The maximum atomic E-state index is 14.0.